The first-order chi connectivity index (χ1) is 15.5. The van der Waals surface area contributed by atoms with Crippen LogP contribution in [0, 0.1) is 10.1 Å². The van der Waals surface area contributed by atoms with Crippen LogP contribution in [0.1, 0.15) is 0 Å². The predicted molar refractivity (Wildman–Crippen MR) is 128 cm³/mol. The van der Waals surface area contributed by atoms with Gasteiger partial charge in [0, 0.05) is 51.0 Å². The molecule has 4 aromatic heterocycles. The molecule has 12 nitrogen and oxygen atoms in total. The molecule has 0 saturated heterocycles. The summed E-state index contributed by atoms with van der Waals surface area (Å²) in [6.45, 7) is 0. The number of nitrogens with zero attached hydrogens (tertiary/aromatic N) is 6. The summed E-state index contributed by atoms with van der Waals surface area (Å²) < 4.78 is 5.54. The SMILES string of the molecule is Cn1ccc(-n2cc(Cl)cc(N)c2=O)n1.Cn1ccc(Br)n1.O=c1[nH]cc(Cl)cc1[N+](=O)[O-]. The van der Waals surface area contributed by atoms with Crippen molar-refractivity contribution in [2.45, 2.75) is 0 Å². The lowest BCUT2D eigenvalue weighted by molar-refractivity contribution is -0.386. The molecule has 0 radical (unpaired) electrons. The number of nitrogens with one attached hydrogen (secondary N) is 1. The molecule has 0 saturated carbocycles. The molecule has 174 valence electrons. The molecule has 0 aliphatic carbocycles. The van der Waals surface area contributed by atoms with E-state index in [1.165, 1.54) is 23.0 Å². The number of aromatic nitrogens is 6. The van der Waals surface area contributed by atoms with Crippen LogP contribution in [0.15, 0.2) is 63.2 Å². The topological polar surface area (TPSA) is 160 Å². The molecule has 4 aromatic rings. The van der Waals surface area contributed by atoms with E-state index in [1.54, 1.807) is 28.7 Å². The Bertz CT molecular complexity index is 1360. The molecule has 0 bridgehead atoms. The number of nitrogen functional groups attached to an aromatic ring is 1. The zero-order chi connectivity index (χ0) is 24.7. The smallest absolute Gasteiger partial charge is 0.335 e. The van der Waals surface area contributed by atoms with Crippen molar-refractivity contribution in [1.82, 2.24) is 29.1 Å². The number of nitrogens with two attached hydrogens (primary N) is 1. The van der Waals surface area contributed by atoms with Crippen molar-refractivity contribution in [3.05, 3.63) is 94.5 Å². The molecule has 0 aliphatic heterocycles. The lowest BCUT2D eigenvalue weighted by atomic mass is 10.4. The molecular formula is C18H17BrCl2N8O4. The van der Waals surface area contributed by atoms with E-state index in [0.717, 1.165) is 10.7 Å². The summed E-state index contributed by atoms with van der Waals surface area (Å²) in [6, 6.07) is 6.01. The van der Waals surface area contributed by atoms with Crippen molar-refractivity contribution < 1.29 is 4.92 Å². The maximum atomic E-state index is 11.7. The highest BCUT2D eigenvalue weighted by Gasteiger charge is 2.11. The average Bonchev–Trinajstić information content (AvgIpc) is 3.34. The summed E-state index contributed by atoms with van der Waals surface area (Å²) in [5.41, 5.74) is 4.00. The summed E-state index contributed by atoms with van der Waals surface area (Å²) >= 11 is 14.4. The molecule has 0 aliphatic rings. The maximum Gasteiger partial charge on any atom is 0.335 e. The molecule has 0 amide bonds. The van der Waals surface area contributed by atoms with Gasteiger partial charge in [0.1, 0.15) is 4.60 Å². The second kappa shape index (κ2) is 11.4. The lowest BCUT2D eigenvalue weighted by Crippen LogP contribution is -2.21. The van der Waals surface area contributed by atoms with E-state index in [9.17, 15) is 19.7 Å². The second-order valence-corrected chi connectivity index (χ2v) is 7.92. The van der Waals surface area contributed by atoms with Crippen LogP contribution >= 0.6 is 39.1 Å². The average molecular weight is 560 g/mol. The molecule has 3 N–H and O–H groups in total. The molecule has 33 heavy (non-hydrogen) atoms. The minimum Gasteiger partial charge on any atom is -0.394 e. The van der Waals surface area contributed by atoms with E-state index in [-0.39, 0.29) is 16.3 Å². The first-order valence-electron chi connectivity index (χ1n) is 8.83. The number of hydrogen-bond acceptors (Lipinski definition) is 7. The predicted octanol–water partition coefficient (Wildman–Crippen LogP) is 2.93. The summed E-state index contributed by atoms with van der Waals surface area (Å²) in [7, 11) is 3.65. The highest BCUT2D eigenvalue weighted by molar-refractivity contribution is 9.10. The minimum absolute atomic E-state index is 0.105. The van der Waals surface area contributed by atoms with Crippen LogP contribution in [-0.4, -0.2) is 34.0 Å². The Morgan fingerprint density at radius 1 is 1.09 bits per heavy atom. The van der Waals surface area contributed by atoms with Crippen LogP contribution in [0.5, 0.6) is 0 Å². The van der Waals surface area contributed by atoms with E-state index in [2.05, 4.69) is 31.1 Å². The van der Waals surface area contributed by atoms with Gasteiger partial charge in [0.25, 0.3) is 5.56 Å². The molecule has 4 heterocycles. The van der Waals surface area contributed by atoms with Crippen molar-refractivity contribution in [1.29, 1.82) is 0 Å². The third kappa shape index (κ3) is 7.59. The quantitative estimate of drug-likeness (QED) is 0.282. The minimum atomic E-state index is -0.787. The van der Waals surface area contributed by atoms with Crippen molar-refractivity contribution in [2.24, 2.45) is 14.1 Å². The van der Waals surface area contributed by atoms with Crippen LogP contribution < -0.4 is 16.9 Å². The van der Waals surface area contributed by atoms with E-state index < -0.39 is 16.2 Å². The number of pyridine rings is 2. The standard InChI is InChI=1S/C9H9ClN4O.C5H3ClN2O3.C4H5BrN2/c1-13-3-2-8(12-13)14-5-6(10)4-7(11)9(14)15;6-3-1-4(8(10)11)5(9)7-2-3;1-7-3-2-4(5)6-7/h2-5H,11H2,1H3;1-2H,(H,7,9);2-3H,1H3. The first-order valence-corrected chi connectivity index (χ1v) is 10.4. The number of aryl methyl sites for hydroxylation is 2. The summed E-state index contributed by atoms with van der Waals surface area (Å²) in [5, 5.41) is 18.7. The van der Waals surface area contributed by atoms with E-state index in [0.29, 0.717) is 10.8 Å². The maximum absolute atomic E-state index is 11.7. The molecule has 4 rings (SSSR count). The first kappa shape index (κ1) is 25.8. The highest BCUT2D eigenvalue weighted by atomic mass is 79.9. The van der Waals surface area contributed by atoms with Gasteiger partial charge in [-0.1, -0.05) is 23.2 Å². The third-order valence-corrected chi connectivity index (χ3v) is 4.53. The van der Waals surface area contributed by atoms with E-state index in [4.69, 9.17) is 28.9 Å². The van der Waals surface area contributed by atoms with Crippen LogP contribution in [0.4, 0.5) is 11.4 Å². The van der Waals surface area contributed by atoms with Gasteiger partial charge in [-0.2, -0.15) is 10.2 Å². The molecule has 0 atom stereocenters. The Morgan fingerprint density at radius 2 is 1.73 bits per heavy atom. The fourth-order valence-electron chi connectivity index (χ4n) is 2.24. The number of nitro groups is 1. The Morgan fingerprint density at radius 3 is 2.18 bits per heavy atom. The number of halogens is 3. The van der Waals surface area contributed by atoms with Crippen molar-refractivity contribution in [2.75, 3.05) is 5.73 Å². The van der Waals surface area contributed by atoms with Gasteiger partial charge in [0.05, 0.1) is 20.7 Å². The Kier molecular flexibility index (Phi) is 8.96. The van der Waals surface area contributed by atoms with Crippen molar-refractivity contribution in [3.63, 3.8) is 0 Å². The molecule has 0 spiro atoms. The molecule has 0 unspecified atom stereocenters. The van der Waals surface area contributed by atoms with Gasteiger partial charge in [0.2, 0.25) is 0 Å². The number of H-pyrrole nitrogens is 1. The van der Waals surface area contributed by atoms with Gasteiger partial charge in [0.15, 0.2) is 5.82 Å². The van der Waals surface area contributed by atoms with Gasteiger partial charge < -0.3 is 10.7 Å². The summed E-state index contributed by atoms with van der Waals surface area (Å²) in [6.07, 6.45) is 6.29. The Hall–Kier alpha value is -3.42. The number of rotatable bonds is 2. The number of aromatic amines is 1. The third-order valence-electron chi connectivity index (χ3n) is 3.68. The van der Waals surface area contributed by atoms with Gasteiger partial charge in [-0.05, 0) is 28.1 Å². The van der Waals surface area contributed by atoms with Crippen molar-refractivity contribution in [3.8, 4) is 5.82 Å². The number of anilines is 1. The summed E-state index contributed by atoms with van der Waals surface area (Å²) in [5.74, 6) is 0.497. The normalized spacial score (nSPS) is 9.97. The zero-order valence-corrected chi connectivity index (χ0v) is 20.2. The van der Waals surface area contributed by atoms with Gasteiger partial charge in [-0.3, -0.25) is 33.6 Å². The monoisotopic (exact) mass is 558 g/mol. The lowest BCUT2D eigenvalue weighted by Gasteiger charge is -2.03. The van der Waals surface area contributed by atoms with Crippen LogP contribution in [0.2, 0.25) is 10.0 Å². The van der Waals surface area contributed by atoms with Gasteiger partial charge in [-0.15, -0.1) is 0 Å². The Labute approximate surface area is 204 Å². The van der Waals surface area contributed by atoms with Crippen LogP contribution in [-0.2, 0) is 14.1 Å². The molecule has 15 heteroatoms. The van der Waals surface area contributed by atoms with E-state index in [1.807, 2.05) is 19.3 Å². The fourth-order valence-corrected chi connectivity index (χ4v) is 2.98. The fraction of sp³-hybridized carbons (Fsp3) is 0.111. The summed E-state index contributed by atoms with van der Waals surface area (Å²) in [4.78, 5) is 33.8. The van der Waals surface area contributed by atoms with Gasteiger partial charge >= 0.3 is 11.2 Å². The van der Waals surface area contributed by atoms with Crippen molar-refractivity contribution >= 4 is 50.5 Å². The number of hydrogen-bond donors (Lipinski definition) is 2. The molecule has 0 fully saturated rings. The van der Waals surface area contributed by atoms with Crippen LogP contribution in [0.3, 0.4) is 0 Å². The van der Waals surface area contributed by atoms with Crippen LogP contribution in [0.25, 0.3) is 5.82 Å². The Balaban J connectivity index is 0.000000188. The second-order valence-electron chi connectivity index (χ2n) is 6.24. The molecular weight excluding hydrogens is 543 g/mol. The largest absolute Gasteiger partial charge is 0.394 e. The van der Waals surface area contributed by atoms with E-state index >= 15 is 0 Å². The van der Waals surface area contributed by atoms with Gasteiger partial charge in [-0.25, -0.2) is 0 Å². The zero-order valence-electron chi connectivity index (χ0n) is 17.1. The molecule has 0 aromatic carbocycles. The highest BCUT2D eigenvalue weighted by Crippen LogP contribution is 2.12.